The van der Waals surface area contributed by atoms with Gasteiger partial charge in [-0.1, -0.05) is 37.1 Å². The third kappa shape index (κ3) is 1.26. The highest BCUT2D eigenvalue weighted by Crippen LogP contribution is 2.54. The fourth-order valence-electron chi connectivity index (χ4n) is 3.73. The van der Waals surface area contributed by atoms with Crippen LogP contribution in [-0.4, -0.2) is 6.54 Å². The lowest BCUT2D eigenvalue weighted by atomic mass is 9.67. The zero-order valence-electron chi connectivity index (χ0n) is 9.21. The summed E-state index contributed by atoms with van der Waals surface area (Å²) in [5.74, 6) is 0.757. The van der Waals surface area contributed by atoms with Crippen molar-refractivity contribution >= 4 is 0 Å². The molecular formula is C14H19N. The lowest BCUT2D eigenvalue weighted by molar-refractivity contribution is 0.178. The first kappa shape index (κ1) is 9.41. The molecule has 0 bridgehead atoms. The van der Waals surface area contributed by atoms with Gasteiger partial charge in [-0.15, -0.1) is 0 Å². The second-order valence-corrected chi connectivity index (χ2v) is 5.24. The lowest BCUT2D eigenvalue weighted by Crippen LogP contribution is -2.36. The normalized spacial score (nSPS) is 33.5. The summed E-state index contributed by atoms with van der Waals surface area (Å²) in [6, 6.07) is 8.97. The molecule has 0 heterocycles. The van der Waals surface area contributed by atoms with E-state index < -0.39 is 0 Å². The van der Waals surface area contributed by atoms with Crippen LogP contribution in [0.3, 0.4) is 0 Å². The number of benzene rings is 1. The maximum absolute atomic E-state index is 6.06. The highest BCUT2D eigenvalue weighted by Gasteiger charge is 2.45. The molecule has 0 radical (unpaired) electrons. The Morgan fingerprint density at radius 3 is 3.00 bits per heavy atom. The maximum atomic E-state index is 6.06. The minimum Gasteiger partial charge on any atom is -0.330 e. The first-order valence-electron chi connectivity index (χ1n) is 6.14. The number of hydrogen-bond acceptors (Lipinski definition) is 1. The van der Waals surface area contributed by atoms with Crippen LogP contribution in [-0.2, 0) is 6.42 Å². The zero-order chi connectivity index (χ0) is 10.3. The van der Waals surface area contributed by atoms with E-state index in [-0.39, 0.29) is 0 Å². The van der Waals surface area contributed by atoms with Crippen LogP contribution in [0.2, 0.25) is 0 Å². The van der Waals surface area contributed by atoms with Gasteiger partial charge in [-0.25, -0.2) is 0 Å². The highest BCUT2D eigenvalue weighted by atomic mass is 14.6. The minimum absolute atomic E-state index is 0.419. The first-order valence-corrected chi connectivity index (χ1v) is 6.14. The molecule has 80 valence electrons. The van der Waals surface area contributed by atoms with Gasteiger partial charge in [-0.05, 0) is 48.3 Å². The van der Waals surface area contributed by atoms with Gasteiger partial charge >= 0.3 is 0 Å². The highest BCUT2D eigenvalue weighted by molar-refractivity contribution is 5.39. The van der Waals surface area contributed by atoms with Crippen molar-refractivity contribution in [2.75, 3.05) is 6.54 Å². The zero-order valence-corrected chi connectivity index (χ0v) is 9.21. The van der Waals surface area contributed by atoms with Gasteiger partial charge in [0.15, 0.2) is 0 Å². The van der Waals surface area contributed by atoms with Crippen LogP contribution in [0.1, 0.15) is 42.7 Å². The molecule has 2 atom stereocenters. The fraction of sp³-hybridized carbons (Fsp3) is 0.571. The third-order valence-corrected chi connectivity index (χ3v) is 4.54. The Kier molecular flexibility index (Phi) is 2.10. The molecule has 1 aromatic carbocycles. The largest absolute Gasteiger partial charge is 0.330 e. The molecule has 0 spiro atoms. The van der Waals surface area contributed by atoms with Gasteiger partial charge in [0, 0.05) is 0 Å². The Hall–Kier alpha value is -0.820. The molecule has 0 aromatic heterocycles. The van der Waals surface area contributed by atoms with Crippen molar-refractivity contribution in [3.05, 3.63) is 35.4 Å². The Bertz CT molecular complexity index is 371. The molecule has 2 aliphatic carbocycles. The van der Waals surface area contributed by atoms with Crippen molar-refractivity contribution in [1.82, 2.24) is 0 Å². The van der Waals surface area contributed by atoms with Crippen LogP contribution in [0.4, 0.5) is 0 Å². The van der Waals surface area contributed by atoms with Crippen LogP contribution in [0.25, 0.3) is 0 Å². The van der Waals surface area contributed by atoms with E-state index in [1.54, 1.807) is 11.1 Å². The van der Waals surface area contributed by atoms with Crippen molar-refractivity contribution in [2.45, 2.75) is 38.0 Å². The van der Waals surface area contributed by atoms with E-state index in [9.17, 15) is 0 Å². The van der Waals surface area contributed by atoms with E-state index in [1.165, 1.54) is 32.1 Å². The summed E-state index contributed by atoms with van der Waals surface area (Å²) < 4.78 is 0. The molecule has 15 heavy (non-hydrogen) atoms. The molecule has 1 aromatic rings. The van der Waals surface area contributed by atoms with E-state index in [4.69, 9.17) is 5.73 Å². The number of rotatable bonds is 1. The van der Waals surface area contributed by atoms with E-state index in [0.29, 0.717) is 5.41 Å². The van der Waals surface area contributed by atoms with Crippen LogP contribution in [0.15, 0.2) is 24.3 Å². The van der Waals surface area contributed by atoms with Crippen LogP contribution < -0.4 is 5.73 Å². The molecule has 2 N–H and O–H groups in total. The quantitative estimate of drug-likeness (QED) is 0.743. The second-order valence-electron chi connectivity index (χ2n) is 5.24. The molecule has 0 aliphatic heterocycles. The molecule has 1 fully saturated rings. The average molecular weight is 201 g/mol. The molecule has 2 aliphatic rings. The van der Waals surface area contributed by atoms with Crippen molar-refractivity contribution in [2.24, 2.45) is 11.1 Å². The Balaban J connectivity index is 2.06. The molecule has 2 unspecified atom stereocenters. The maximum Gasteiger partial charge on any atom is -0.00115 e. The summed E-state index contributed by atoms with van der Waals surface area (Å²) in [7, 11) is 0. The molecule has 0 saturated heterocycles. The van der Waals surface area contributed by atoms with Crippen molar-refractivity contribution in [1.29, 1.82) is 0 Å². The monoisotopic (exact) mass is 201 g/mol. The third-order valence-electron chi connectivity index (χ3n) is 4.54. The SMILES string of the molecule is NCC12CCCCC1c1ccccc1C2. The standard InChI is InChI=1S/C14H19N/c15-10-14-8-4-3-7-13(14)12-6-2-1-5-11(12)9-14/h1-2,5-6,13H,3-4,7-10,15H2. The van der Waals surface area contributed by atoms with Gasteiger partial charge in [0.1, 0.15) is 0 Å². The summed E-state index contributed by atoms with van der Waals surface area (Å²) in [4.78, 5) is 0. The Labute approximate surface area is 91.7 Å². The van der Waals surface area contributed by atoms with Crippen LogP contribution in [0.5, 0.6) is 0 Å². The first-order chi connectivity index (χ1) is 7.36. The van der Waals surface area contributed by atoms with Gasteiger partial charge in [-0.2, -0.15) is 0 Å². The lowest BCUT2D eigenvalue weighted by Gasteiger charge is -2.39. The molecular weight excluding hydrogens is 182 g/mol. The second kappa shape index (κ2) is 3.34. The molecule has 0 amide bonds. The molecule has 3 rings (SSSR count). The fourth-order valence-corrected chi connectivity index (χ4v) is 3.73. The Morgan fingerprint density at radius 2 is 2.13 bits per heavy atom. The van der Waals surface area contributed by atoms with E-state index in [1.807, 2.05) is 0 Å². The van der Waals surface area contributed by atoms with Gasteiger partial charge < -0.3 is 5.73 Å². The van der Waals surface area contributed by atoms with Crippen molar-refractivity contribution in [3.63, 3.8) is 0 Å². The van der Waals surface area contributed by atoms with Crippen LogP contribution >= 0.6 is 0 Å². The average Bonchev–Trinajstić information content (AvgIpc) is 2.64. The summed E-state index contributed by atoms with van der Waals surface area (Å²) in [5, 5.41) is 0. The van der Waals surface area contributed by atoms with Gasteiger partial charge in [0.05, 0.1) is 0 Å². The summed E-state index contributed by atoms with van der Waals surface area (Å²) in [6.45, 7) is 0.867. The predicted octanol–water partition coefficient (Wildman–Crippen LogP) is 2.85. The summed E-state index contributed by atoms with van der Waals surface area (Å²) in [6.07, 6.45) is 6.68. The van der Waals surface area contributed by atoms with E-state index in [2.05, 4.69) is 24.3 Å². The van der Waals surface area contributed by atoms with Gasteiger partial charge in [0.2, 0.25) is 0 Å². The summed E-state index contributed by atoms with van der Waals surface area (Å²) >= 11 is 0. The van der Waals surface area contributed by atoms with E-state index in [0.717, 1.165) is 12.5 Å². The Morgan fingerprint density at radius 1 is 1.27 bits per heavy atom. The summed E-state index contributed by atoms with van der Waals surface area (Å²) in [5.41, 5.74) is 9.64. The number of hydrogen-bond donors (Lipinski definition) is 1. The van der Waals surface area contributed by atoms with E-state index >= 15 is 0 Å². The van der Waals surface area contributed by atoms with Gasteiger partial charge in [0.25, 0.3) is 0 Å². The predicted molar refractivity (Wildman–Crippen MR) is 62.8 cm³/mol. The molecule has 1 nitrogen and oxygen atoms in total. The topological polar surface area (TPSA) is 26.0 Å². The smallest absolute Gasteiger partial charge is 0.00115 e. The van der Waals surface area contributed by atoms with Crippen molar-refractivity contribution in [3.8, 4) is 0 Å². The molecule has 1 saturated carbocycles. The van der Waals surface area contributed by atoms with Crippen molar-refractivity contribution < 1.29 is 0 Å². The van der Waals surface area contributed by atoms with Gasteiger partial charge in [-0.3, -0.25) is 0 Å². The molecule has 1 heteroatoms. The minimum atomic E-state index is 0.419. The van der Waals surface area contributed by atoms with Crippen LogP contribution in [0, 0.1) is 5.41 Å². The number of nitrogens with two attached hydrogens (primary N) is 1. The number of fused-ring (bicyclic) bond motifs is 3.